The Morgan fingerprint density at radius 2 is 1.50 bits per heavy atom. The van der Waals surface area contributed by atoms with Gasteiger partial charge < -0.3 is 5.11 Å². The highest BCUT2D eigenvalue weighted by Gasteiger charge is 2.51. The number of aliphatic carboxylic acids is 1. The normalized spacial score (nSPS) is 49.6. The SMILES string of the molecule is O=C(O)[CH]C12CC3CC(CC(C3)C1)C2. The molecule has 2 nitrogen and oxygen atoms in total. The van der Waals surface area contributed by atoms with Gasteiger partial charge >= 0.3 is 5.97 Å². The lowest BCUT2D eigenvalue weighted by molar-refractivity contribution is -0.137. The minimum absolute atomic E-state index is 0.0978. The van der Waals surface area contributed by atoms with Crippen LogP contribution in [0.15, 0.2) is 0 Å². The summed E-state index contributed by atoms with van der Waals surface area (Å²) in [5.41, 5.74) is 0.0978. The summed E-state index contributed by atoms with van der Waals surface area (Å²) >= 11 is 0. The molecule has 14 heavy (non-hydrogen) atoms. The number of hydrogen-bond donors (Lipinski definition) is 1. The summed E-state index contributed by atoms with van der Waals surface area (Å²) in [5, 5.41) is 8.92. The van der Waals surface area contributed by atoms with Crippen molar-refractivity contribution in [2.45, 2.75) is 38.5 Å². The van der Waals surface area contributed by atoms with E-state index >= 15 is 0 Å². The van der Waals surface area contributed by atoms with Gasteiger partial charge in [-0.2, -0.15) is 0 Å². The minimum atomic E-state index is -0.702. The summed E-state index contributed by atoms with van der Waals surface area (Å²) in [7, 11) is 0. The van der Waals surface area contributed by atoms with Gasteiger partial charge in [0.2, 0.25) is 0 Å². The number of carboxylic acids is 1. The molecule has 4 aliphatic rings. The standard InChI is InChI=1S/C12H17O2/c13-11(14)7-12-4-8-1-9(5-12)3-10(2-8)6-12/h7-10H,1-6H2,(H,13,14). The quantitative estimate of drug-likeness (QED) is 0.731. The molecule has 0 amide bonds. The highest BCUT2D eigenvalue weighted by atomic mass is 16.4. The molecule has 4 rings (SSSR count). The lowest BCUT2D eigenvalue weighted by atomic mass is 9.49. The maximum Gasteiger partial charge on any atom is 0.307 e. The number of carbonyl (C=O) groups is 1. The molecule has 0 unspecified atom stereocenters. The van der Waals surface area contributed by atoms with Crippen LogP contribution < -0.4 is 0 Å². The molecule has 0 aromatic heterocycles. The van der Waals surface area contributed by atoms with Crippen molar-refractivity contribution in [2.75, 3.05) is 0 Å². The Balaban J connectivity index is 1.83. The summed E-state index contributed by atoms with van der Waals surface area (Å²) in [6.45, 7) is 0. The maximum absolute atomic E-state index is 10.8. The van der Waals surface area contributed by atoms with Crippen LogP contribution in [0.25, 0.3) is 0 Å². The predicted molar refractivity (Wildman–Crippen MR) is 52.5 cm³/mol. The molecular formula is C12H17O2. The molecule has 4 fully saturated rings. The monoisotopic (exact) mass is 193 g/mol. The summed E-state index contributed by atoms with van der Waals surface area (Å²) in [6, 6.07) is 0. The van der Waals surface area contributed by atoms with Gasteiger partial charge in [-0.05, 0) is 61.7 Å². The van der Waals surface area contributed by atoms with E-state index in [4.69, 9.17) is 5.11 Å². The van der Waals surface area contributed by atoms with Crippen LogP contribution >= 0.6 is 0 Å². The molecule has 4 aliphatic carbocycles. The number of carboxylic acid groups (broad SMARTS) is 1. The molecule has 4 bridgehead atoms. The Hall–Kier alpha value is -0.530. The topological polar surface area (TPSA) is 37.3 Å². The highest BCUT2D eigenvalue weighted by Crippen LogP contribution is 2.60. The van der Waals surface area contributed by atoms with Gasteiger partial charge in [-0.1, -0.05) is 0 Å². The first-order valence-electron chi connectivity index (χ1n) is 5.74. The van der Waals surface area contributed by atoms with Crippen molar-refractivity contribution in [3.63, 3.8) is 0 Å². The van der Waals surface area contributed by atoms with Crippen LogP contribution in [0.4, 0.5) is 0 Å². The minimum Gasteiger partial charge on any atom is -0.481 e. The summed E-state index contributed by atoms with van der Waals surface area (Å²) in [6.07, 6.45) is 9.24. The predicted octanol–water partition coefficient (Wildman–Crippen LogP) is 2.49. The third kappa shape index (κ3) is 1.27. The third-order valence-corrected chi connectivity index (χ3v) is 4.52. The lowest BCUT2D eigenvalue weighted by Gasteiger charge is -2.56. The molecule has 77 valence electrons. The van der Waals surface area contributed by atoms with Crippen LogP contribution in [0.5, 0.6) is 0 Å². The van der Waals surface area contributed by atoms with Crippen molar-refractivity contribution in [3.8, 4) is 0 Å². The molecule has 0 spiro atoms. The van der Waals surface area contributed by atoms with E-state index in [1.807, 2.05) is 0 Å². The molecule has 2 heteroatoms. The summed E-state index contributed by atoms with van der Waals surface area (Å²) in [5.74, 6) is 1.83. The second kappa shape index (κ2) is 2.74. The van der Waals surface area contributed by atoms with Gasteiger partial charge in [0.25, 0.3) is 0 Å². The van der Waals surface area contributed by atoms with Gasteiger partial charge in [0.15, 0.2) is 0 Å². The van der Waals surface area contributed by atoms with Crippen LogP contribution in [0.1, 0.15) is 38.5 Å². The first kappa shape index (κ1) is 8.75. The Morgan fingerprint density at radius 3 is 1.86 bits per heavy atom. The van der Waals surface area contributed by atoms with Crippen molar-refractivity contribution >= 4 is 5.97 Å². The fraction of sp³-hybridized carbons (Fsp3) is 0.833. The largest absolute Gasteiger partial charge is 0.481 e. The Kier molecular flexibility index (Phi) is 1.71. The molecule has 0 heterocycles. The molecule has 0 atom stereocenters. The molecular weight excluding hydrogens is 176 g/mol. The summed E-state index contributed by atoms with van der Waals surface area (Å²) in [4.78, 5) is 10.8. The van der Waals surface area contributed by atoms with E-state index in [-0.39, 0.29) is 5.41 Å². The number of hydrogen-bond acceptors (Lipinski definition) is 1. The van der Waals surface area contributed by atoms with E-state index in [0.29, 0.717) is 0 Å². The van der Waals surface area contributed by atoms with Crippen LogP contribution in [-0.2, 0) is 4.79 Å². The van der Waals surface area contributed by atoms with E-state index in [9.17, 15) is 4.79 Å². The first-order chi connectivity index (χ1) is 6.65. The van der Waals surface area contributed by atoms with Gasteiger partial charge in [0, 0.05) is 0 Å². The second-order valence-corrected chi connectivity index (χ2v) is 5.76. The van der Waals surface area contributed by atoms with Crippen LogP contribution in [0.3, 0.4) is 0 Å². The van der Waals surface area contributed by atoms with E-state index in [1.165, 1.54) is 19.3 Å². The van der Waals surface area contributed by atoms with Gasteiger partial charge in [-0.15, -0.1) is 0 Å². The van der Waals surface area contributed by atoms with Gasteiger partial charge in [0.1, 0.15) is 0 Å². The molecule has 4 saturated carbocycles. The molecule has 0 aliphatic heterocycles. The molecule has 0 aromatic carbocycles. The van der Waals surface area contributed by atoms with Crippen molar-refractivity contribution in [3.05, 3.63) is 6.42 Å². The smallest absolute Gasteiger partial charge is 0.307 e. The molecule has 1 radical (unpaired) electrons. The third-order valence-electron chi connectivity index (χ3n) is 4.52. The zero-order valence-corrected chi connectivity index (χ0v) is 8.41. The van der Waals surface area contributed by atoms with E-state index in [1.54, 1.807) is 6.42 Å². The Bertz CT molecular complexity index is 234. The molecule has 1 N–H and O–H groups in total. The average molecular weight is 193 g/mol. The second-order valence-electron chi connectivity index (χ2n) is 5.76. The zero-order chi connectivity index (χ0) is 9.76. The summed E-state index contributed by atoms with van der Waals surface area (Å²) < 4.78 is 0. The zero-order valence-electron chi connectivity index (χ0n) is 8.41. The van der Waals surface area contributed by atoms with Crippen molar-refractivity contribution in [1.82, 2.24) is 0 Å². The van der Waals surface area contributed by atoms with Crippen molar-refractivity contribution in [1.29, 1.82) is 0 Å². The van der Waals surface area contributed by atoms with Crippen LogP contribution in [0, 0.1) is 29.6 Å². The Labute approximate surface area is 84.7 Å². The van der Waals surface area contributed by atoms with Crippen molar-refractivity contribution in [2.24, 2.45) is 23.2 Å². The van der Waals surface area contributed by atoms with Gasteiger partial charge in [-0.25, -0.2) is 0 Å². The molecule has 0 aromatic rings. The van der Waals surface area contributed by atoms with E-state index < -0.39 is 5.97 Å². The van der Waals surface area contributed by atoms with E-state index in [2.05, 4.69) is 0 Å². The van der Waals surface area contributed by atoms with Crippen LogP contribution in [0.2, 0.25) is 0 Å². The van der Waals surface area contributed by atoms with Crippen molar-refractivity contribution < 1.29 is 9.90 Å². The highest BCUT2D eigenvalue weighted by molar-refractivity contribution is 5.78. The molecule has 0 saturated heterocycles. The fourth-order valence-corrected chi connectivity index (χ4v) is 4.62. The van der Waals surface area contributed by atoms with Gasteiger partial charge in [-0.3, -0.25) is 4.79 Å². The fourth-order valence-electron chi connectivity index (χ4n) is 4.62. The number of rotatable bonds is 2. The van der Waals surface area contributed by atoms with Gasteiger partial charge in [0.05, 0.1) is 6.42 Å². The Morgan fingerprint density at radius 1 is 1.07 bits per heavy atom. The van der Waals surface area contributed by atoms with Crippen LogP contribution in [-0.4, -0.2) is 11.1 Å². The average Bonchev–Trinajstić information content (AvgIpc) is 1.96. The van der Waals surface area contributed by atoms with E-state index in [0.717, 1.165) is 37.0 Å². The maximum atomic E-state index is 10.8. The lowest BCUT2D eigenvalue weighted by Crippen LogP contribution is -2.47. The first-order valence-corrected chi connectivity index (χ1v) is 5.74.